The van der Waals surface area contributed by atoms with Crippen LogP contribution in [0.25, 0.3) is 0 Å². The lowest BCUT2D eigenvalue weighted by Crippen LogP contribution is -2.28. The molecule has 0 saturated carbocycles. The largest absolute Gasteiger partial charge is 0.457 e. The number of ether oxygens (including phenoxy) is 1. The van der Waals surface area contributed by atoms with Gasteiger partial charge in [0.2, 0.25) is 0 Å². The standard InChI is InChI=1S/C16H16N2OS/c1-2-12-17-16(20)18-13-8-10-15(11-9-13)19-14-6-4-3-5-7-14/h2-11H,1,12H2,(H2,17,18,20). The highest BCUT2D eigenvalue weighted by atomic mass is 32.1. The number of hydrogen-bond donors (Lipinski definition) is 2. The van der Waals surface area contributed by atoms with Crippen molar-refractivity contribution in [2.75, 3.05) is 11.9 Å². The molecule has 2 aromatic rings. The zero-order valence-electron chi connectivity index (χ0n) is 11.0. The predicted octanol–water partition coefficient (Wildman–Crippen LogP) is 3.95. The summed E-state index contributed by atoms with van der Waals surface area (Å²) in [5.41, 5.74) is 0.909. The molecule has 0 saturated heterocycles. The summed E-state index contributed by atoms with van der Waals surface area (Å²) in [4.78, 5) is 0. The number of anilines is 1. The zero-order valence-corrected chi connectivity index (χ0v) is 11.8. The fourth-order valence-electron chi connectivity index (χ4n) is 1.57. The Labute approximate surface area is 124 Å². The molecule has 0 spiro atoms. The van der Waals surface area contributed by atoms with Gasteiger partial charge in [-0.1, -0.05) is 24.3 Å². The lowest BCUT2D eigenvalue weighted by molar-refractivity contribution is 0.483. The van der Waals surface area contributed by atoms with E-state index < -0.39 is 0 Å². The van der Waals surface area contributed by atoms with Crippen LogP contribution in [0.3, 0.4) is 0 Å². The number of thiocarbonyl (C=S) groups is 1. The van der Waals surface area contributed by atoms with Crippen molar-refractivity contribution in [3.8, 4) is 11.5 Å². The van der Waals surface area contributed by atoms with Crippen LogP contribution < -0.4 is 15.4 Å². The van der Waals surface area contributed by atoms with E-state index in [0.29, 0.717) is 11.7 Å². The maximum atomic E-state index is 5.71. The van der Waals surface area contributed by atoms with Crippen molar-refractivity contribution < 1.29 is 4.74 Å². The molecule has 0 aliphatic rings. The van der Waals surface area contributed by atoms with Gasteiger partial charge in [-0.15, -0.1) is 6.58 Å². The van der Waals surface area contributed by atoms with Crippen molar-refractivity contribution in [3.05, 3.63) is 67.3 Å². The van der Waals surface area contributed by atoms with Gasteiger partial charge in [-0.25, -0.2) is 0 Å². The van der Waals surface area contributed by atoms with E-state index in [1.165, 1.54) is 0 Å². The molecule has 0 aliphatic carbocycles. The summed E-state index contributed by atoms with van der Waals surface area (Å²) in [7, 11) is 0. The molecule has 0 fully saturated rings. The van der Waals surface area contributed by atoms with E-state index in [-0.39, 0.29) is 0 Å². The molecule has 4 heteroatoms. The Hall–Kier alpha value is -2.33. The minimum Gasteiger partial charge on any atom is -0.457 e. The van der Waals surface area contributed by atoms with E-state index in [4.69, 9.17) is 17.0 Å². The number of rotatable bonds is 5. The summed E-state index contributed by atoms with van der Waals surface area (Å²) in [6.45, 7) is 4.26. The lowest BCUT2D eigenvalue weighted by atomic mass is 10.3. The summed E-state index contributed by atoms with van der Waals surface area (Å²) < 4.78 is 5.71. The molecule has 2 aromatic carbocycles. The molecule has 0 amide bonds. The van der Waals surface area contributed by atoms with E-state index in [2.05, 4.69) is 17.2 Å². The van der Waals surface area contributed by atoms with Gasteiger partial charge in [-0.2, -0.15) is 0 Å². The maximum Gasteiger partial charge on any atom is 0.171 e. The van der Waals surface area contributed by atoms with Gasteiger partial charge in [-0.05, 0) is 48.6 Å². The molecule has 2 N–H and O–H groups in total. The van der Waals surface area contributed by atoms with Crippen molar-refractivity contribution in [2.45, 2.75) is 0 Å². The number of benzene rings is 2. The first-order chi connectivity index (χ1) is 9.78. The van der Waals surface area contributed by atoms with Crippen LogP contribution in [-0.2, 0) is 0 Å². The average Bonchev–Trinajstić information content (AvgIpc) is 2.48. The van der Waals surface area contributed by atoms with Gasteiger partial charge in [-0.3, -0.25) is 0 Å². The summed E-state index contributed by atoms with van der Waals surface area (Å²) in [5, 5.41) is 6.66. The number of para-hydroxylation sites is 1. The van der Waals surface area contributed by atoms with Gasteiger partial charge in [0.05, 0.1) is 0 Å². The summed E-state index contributed by atoms with van der Waals surface area (Å²) in [6, 6.07) is 17.3. The van der Waals surface area contributed by atoms with Crippen LogP contribution in [0.15, 0.2) is 67.3 Å². The third kappa shape index (κ3) is 4.40. The predicted molar refractivity (Wildman–Crippen MR) is 87.4 cm³/mol. The minimum atomic E-state index is 0.571. The molecule has 0 radical (unpaired) electrons. The second-order valence-corrected chi connectivity index (χ2v) is 4.47. The normalized spacial score (nSPS) is 9.60. The molecule has 102 valence electrons. The quantitative estimate of drug-likeness (QED) is 0.643. The molecule has 0 aliphatic heterocycles. The Morgan fingerprint density at radius 1 is 1.05 bits per heavy atom. The summed E-state index contributed by atoms with van der Waals surface area (Å²) in [5.74, 6) is 1.60. The molecule has 0 heterocycles. The third-order valence-corrected chi connectivity index (χ3v) is 2.74. The fraction of sp³-hybridized carbons (Fsp3) is 0.0625. The smallest absolute Gasteiger partial charge is 0.171 e. The molecular weight excluding hydrogens is 268 g/mol. The van der Waals surface area contributed by atoms with E-state index in [0.717, 1.165) is 17.2 Å². The van der Waals surface area contributed by atoms with E-state index in [9.17, 15) is 0 Å². The molecule has 0 aromatic heterocycles. The molecule has 0 atom stereocenters. The summed E-state index contributed by atoms with van der Waals surface area (Å²) in [6.07, 6.45) is 1.75. The van der Waals surface area contributed by atoms with Crippen LogP contribution >= 0.6 is 12.2 Å². The van der Waals surface area contributed by atoms with Crippen molar-refractivity contribution >= 4 is 23.0 Å². The molecular formula is C16H16N2OS. The van der Waals surface area contributed by atoms with Crippen molar-refractivity contribution in [2.24, 2.45) is 0 Å². The van der Waals surface area contributed by atoms with Gasteiger partial charge in [0.1, 0.15) is 11.5 Å². The zero-order chi connectivity index (χ0) is 14.2. The lowest BCUT2D eigenvalue weighted by Gasteiger charge is -2.10. The first-order valence-electron chi connectivity index (χ1n) is 6.26. The Morgan fingerprint density at radius 2 is 1.70 bits per heavy atom. The van der Waals surface area contributed by atoms with Gasteiger partial charge < -0.3 is 15.4 Å². The SMILES string of the molecule is C=CCNC(=S)Nc1ccc(Oc2ccccc2)cc1. The first-order valence-corrected chi connectivity index (χ1v) is 6.67. The Balaban J connectivity index is 1.93. The van der Waals surface area contributed by atoms with Crippen LogP contribution in [0.5, 0.6) is 11.5 Å². The second-order valence-electron chi connectivity index (χ2n) is 4.06. The van der Waals surface area contributed by atoms with Gasteiger partial charge in [0.15, 0.2) is 5.11 Å². The average molecular weight is 284 g/mol. The van der Waals surface area contributed by atoms with Crippen LogP contribution in [-0.4, -0.2) is 11.7 Å². The number of hydrogen-bond acceptors (Lipinski definition) is 2. The van der Waals surface area contributed by atoms with Gasteiger partial charge in [0, 0.05) is 12.2 Å². The monoisotopic (exact) mass is 284 g/mol. The van der Waals surface area contributed by atoms with E-state index in [1.54, 1.807) is 6.08 Å². The molecule has 3 nitrogen and oxygen atoms in total. The van der Waals surface area contributed by atoms with Crippen molar-refractivity contribution in [1.29, 1.82) is 0 Å². The molecule has 0 bridgehead atoms. The van der Waals surface area contributed by atoms with Crippen LogP contribution in [0.4, 0.5) is 5.69 Å². The van der Waals surface area contributed by atoms with E-state index in [1.807, 2.05) is 54.6 Å². The van der Waals surface area contributed by atoms with Gasteiger partial charge >= 0.3 is 0 Å². The Bertz CT molecular complexity index is 567. The highest BCUT2D eigenvalue weighted by Gasteiger charge is 1.99. The Morgan fingerprint density at radius 3 is 2.35 bits per heavy atom. The highest BCUT2D eigenvalue weighted by Crippen LogP contribution is 2.22. The van der Waals surface area contributed by atoms with Crippen LogP contribution in [0.2, 0.25) is 0 Å². The summed E-state index contributed by atoms with van der Waals surface area (Å²) >= 11 is 5.14. The van der Waals surface area contributed by atoms with Crippen LogP contribution in [0.1, 0.15) is 0 Å². The molecule has 2 rings (SSSR count). The topological polar surface area (TPSA) is 33.3 Å². The third-order valence-electron chi connectivity index (χ3n) is 2.50. The molecule has 20 heavy (non-hydrogen) atoms. The number of nitrogens with one attached hydrogen (secondary N) is 2. The first kappa shape index (κ1) is 14.1. The maximum absolute atomic E-state index is 5.71. The molecule has 0 unspecified atom stereocenters. The van der Waals surface area contributed by atoms with Crippen molar-refractivity contribution in [1.82, 2.24) is 5.32 Å². The minimum absolute atomic E-state index is 0.571. The Kier molecular flexibility index (Phi) is 5.15. The van der Waals surface area contributed by atoms with Crippen LogP contribution in [0, 0.1) is 0 Å². The highest BCUT2D eigenvalue weighted by molar-refractivity contribution is 7.80. The van der Waals surface area contributed by atoms with Gasteiger partial charge in [0.25, 0.3) is 0 Å². The fourth-order valence-corrected chi connectivity index (χ4v) is 1.77. The van der Waals surface area contributed by atoms with E-state index >= 15 is 0 Å². The second kappa shape index (κ2) is 7.31. The van der Waals surface area contributed by atoms with Crippen molar-refractivity contribution in [3.63, 3.8) is 0 Å².